The molecule has 7 heteroatoms. The third kappa shape index (κ3) is 16.4. The molecule has 0 aliphatic rings. The summed E-state index contributed by atoms with van der Waals surface area (Å²) in [5.41, 5.74) is 11.0. The minimum atomic E-state index is 0.00840. The number of thioether (sulfide) groups is 2. The lowest BCUT2D eigenvalue weighted by atomic mass is 10.0. The second-order valence-electron chi connectivity index (χ2n) is 15.1. The quantitative estimate of drug-likeness (QED) is 0.0361. The lowest BCUT2D eigenvalue weighted by Gasteiger charge is -2.11. The van der Waals surface area contributed by atoms with E-state index in [9.17, 15) is 24.6 Å². The van der Waals surface area contributed by atoms with Crippen molar-refractivity contribution in [2.75, 3.05) is 11.5 Å². The van der Waals surface area contributed by atoms with Crippen LogP contribution in [0.1, 0.15) is 153 Å². The van der Waals surface area contributed by atoms with E-state index in [0.717, 1.165) is 51.0 Å². The zero-order chi connectivity index (χ0) is 42.7. The molecule has 0 aromatic heterocycles. The monoisotopic (exact) mass is 810 g/mol. The summed E-state index contributed by atoms with van der Waals surface area (Å²) in [5, 5.41) is 19.2. The van der Waals surface area contributed by atoms with Gasteiger partial charge in [-0.2, -0.15) is 0 Å². The number of phenols is 2. The van der Waals surface area contributed by atoms with Crippen LogP contribution in [0.5, 0.6) is 11.5 Å². The maximum atomic E-state index is 12.7. The number of ketones is 2. The van der Waals surface area contributed by atoms with Gasteiger partial charge < -0.3 is 10.2 Å². The number of carbonyl (C=O) groups excluding carboxylic acids is 3. The Bertz CT molecular complexity index is 1900. The summed E-state index contributed by atoms with van der Waals surface area (Å²) in [7, 11) is 0. The van der Waals surface area contributed by atoms with Crippen LogP contribution < -0.4 is 0 Å². The van der Waals surface area contributed by atoms with E-state index >= 15 is 0 Å². The second-order valence-corrected chi connectivity index (χ2v) is 17.3. The first-order chi connectivity index (χ1) is 27.0. The van der Waals surface area contributed by atoms with Gasteiger partial charge in [-0.1, -0.05) is 58.4 Å². The summed E-state index contributed by atoms with van der Waals surface area (Å²) >= 11 is 3.84. The number of hydrogen-bond acceptors (Lipinski definition) is 7. The summed E-state index contributed by atoms with van der Waals surface area (Å²) in [5.74, 6) is 3.07. The van der Waals surface area contributed by atoms with E-state index < -0.39 is 0 Å². The van der Waals surface area contributed by atoms with E-state index in [0.29, 0.717) is 11.3 Å². The van der Waals surface area contributed by atoms with Gasteiger partial charge in [0.05, 0.1) is 0 Å². The zero-order valence-electron chi connectivity index (χ0n) is 36.4. The normalized spacial score (nSPS) is 10.8. The molecule has 0 radical (unpaired) electrons. The summed E-state index contributed by atoms with van der Waals surface area (Å²) < 4.78 is 0. The fourth-order valence-corrected chi connectivity index (χ4v) is 8.77. The molecule has 2 N–H and O–H groups in total. The minimum Gasteiger partial charge on any atom is -0.507 e. The first kappa shape index (κ1) is 49.1. The van der Waals surface area contributed by atoms with Gasteiger partial charge >= 0.3 is 0 Å². The Kier molecular flexibility index (Phi) is 21.8. The van der Waals surface area contributed by atoms with Gasteiger partial charge in [0.1, 0.15) is 17.8 Å². The number of unbranched alkanes of at least 4 members (excludes halogenated alkanes) is 6. The molecule has 0 unspecified atom stereocenters. The lowest BCUT2D eigenvalue weighted by molar-refractivity contribution is 0.101. The van der Waals surface area contributed by atoms with Gasteiger partial charge in [-0.05, 0) is 191 Å². The molecule has 0 aliphatic heterocycles. The van der Waals surface area contributed by atoms with Crippen LogP contribution in [0.15, 0.2) is 64.4 Å². The van der Waals surface area contributed by atoms with E-state index in [1.54, 1.807) is 39.0 Å². The highest BCUT2D eigenvalue weighted by Gasteiger charge is 2.11. The van der Waals surface area contributed by atoms with Crippen LogP contribution in [-0.4, -0.2) is 39.6 Å². The number of rotatable bonds is 17. The molecular formula is C50H66O5S2. The van der Waals surface area contributed by atoms with Crippen LogP contribution in [0.4, 0.5) is 0 Å². The highest BCUT2D eigenvalue weighted by molar-refractivity contribution is 7.99. The molecular weight excluding hydrogens is 745 g/mol. The minimum absolute atomic E-state index is 0.00840. The van der Waals surface area contributed by atoms with E-state index in [-0.39, 0.29) is 17.3 Å². The number of hydrogen-bond donors (Lipinski definition) is 2. The number of aldehydes is 1. The summed E-state index contributed by atoms with van der Waals surface area (Å²) in [6.07, 6.45) is 14.6. The van der Waals surface area contributed by atoms with Crippen molar-refractivity contribution in [3.63, 3.8) is 0 Å². The van der Waals surface area contributed by atoms with Crippen molar-refractivity contribution in [2.45, 2.75) is 137 Å². The number of Topliss-reactive ketones (excluding diaryl/α,β-unsaturated/α-hetero) is 1. The number of benzene rings is 4. The van der Waals surface area contributed by atoms with Crippen molar-refractivity contribution in [3.05, 3.63) is 121 Å². The van der Waals surface area contributed by atoms with Crippen molar-refractivity contribution >= 4 is 47.5 Å². The molecule has 5 nitrogen and oxygen atoms in total. The maximum Gasteiger partial charge on any atom is 0.185 e. The van der Waals surface area contributed by atoms with Gasteiger partial charge in [0.2, 0.25) is 0 Å². The Morgan fingerprint density at radius 3 is 1.25 bits per heavy atom. The standard InChI is InChI=1S/C25H32O2S.C16H24OS.C9H10O2/c1-6-7-8-9-12-28-25-19(4)15-22(16-20(25)5)23(26)11-10-21-13-17(2)24(27)18(3)14-21;1-5-6-7-8-9-18-16-12(2)10-15(14(4)17)11-13(16)3;1-6-3-8(5-10)4-7(2)9(6)11/h10-11,13-16,27H,6-9,12H2,1-5H3;10-11H,5-9H2,1-4H3;3-5,11H,1-2H3/b11-10+;;. The van der Waals surface area contributed by atoms with Crippen molar-refractivity contribution in [1.29, 1.82) is 0 Å². The van der Waals surface area contributed by atoms with Gasteiger partial charge in [-0.15, -0.1) is 23.5 Å². The molecule has 0 atom stereocenters. The number of aromatic hydroxyl groups is 2. The summed E-state index contributed by atoms with van der Waals surface area (Å²) in [4.78, 5) is 37.1. The molecule has 0 spiro atoms. The zero-order valence-corrected chi connectivity index (χ0v) is 38.0. The Labute approximate surface area is 352 Å². The molecule has 4 aromatic carbocycles. The van der Waals surface area contributed by atoms with Crippen LogP contribution >= 0.6 is 23.5 Å². The van der Waals surface area contributed by atoms with E-state index in [2.05, 4.69) is 41.5 Å². The van der Waals surface area contributed by atoms with Gasteiger partial charge in [-0.25, -0.2) is 0 Å². The summed E-state index contributed by atoms with van der Waals surface area (Å²) in [6.45, 7) is 21.8. The topological polar surface area (TPSA) is 91.7 Å². The smallest absolute Gasteiger partial charge is 0.185 e. The third-order valence-corrected chi connectivity index (χ3v) is 12.5. The number of carbonyl (C=O) groups is 3. The average Bonchev–Trinajstić information content (AvgIpc) is 3.16. The molecule has 0 bridgehead atoms. The molecule has 0 saturated carbocycles. The van der Waals surface area contributed by atoms with Gasteiger partial charge in [-0.3, -0.25) is 14.4 Å². The Balaban J connectivity index is 0.000000329. The Hall–Kier alpha value is -4.07. The first-order valence-electron chi connectivity index (χ1n) is 20.3. The molecule has 0 fully saturated rings. The van der Waals surface area contributed by atoms with Crippen LogP contribution in [0, 0.1) is 55.4 Å². The lowest BCUT2D eigenvalue weighted by Crippen LogP contribution is -1.98. The van der Waals surface area contributed by atoms with Gasteiger partial charge in [0.15, 0.2) is 11.6 Å². The number of aryl methyl sites for hydroxylation is 8. The van der Waals surface area contributed by atoms with E-state index in [4.69, 9.17) is 0 Å². The fourth-order valence-electron chi connectivity index (χ4n) is 6.52. The van der Waals surface area contributed by atoms with Crippen molar-refractivity contribution < 1.29 is 24.6 Å². The molecule has 57 heavy (non-hydrogen) atoms. The molecule has 4 aromatic rings. The predicted molar refractivity (Wildman–Crippen MR) is 245 cm³/mol. The molecule has 0 aliphatic carbocycles. The molecule has 0 saturated heterocycles. The Morgan fingerprint density at radius 2 is 0.895 bits per heavy atom. The largest absolute Gasteiger partial charge is 0.507 e. The van der Waals surface area contributed by atoms with Crippen LogP contribution in [0.2, 0.25) is 0 Å². The molecule has 4 rings (SSSR count). The SMILES string of the molecule is CCCCCCSc1c(C)cc(C(=O)/C=C/c2cc(C)c(O)c(C)c2)cc1C.CCCCCCSc1c(C)cc(C(C)=O)cc1C.Cc1cc(C=O)cc(C)c1O. The molecule has 308 valence electrons. The van der Waals surface area contributed by atoms with E-state index in [1.165, 1.54) is 89.2 Å². The number of phenolic OH excluding ortho intramolecular Hbond substituents is 2. The van der Waals surface area contributed by atoms with Crippen LogP contribution in [-0.2, 0) is 0 Å². The van der Waals surface area contributed by atoms with Crippen LogP contribution in [0.3, 0.4) is 0 Å². The number of allylic oxidation sites excluding steroid dienone is 1. The third-order valence-electron chi connectivity index (χ3n) is 9.69. The first-order valence-corrected chi connectivity index (χ1v) is 22.3. The summed E-state index contributed by atoms with van der Waals surface area (Å²) in [6, 6.07) is 15.1. The molecule has 0 amide bonds. The Morgan fingerprint density at radius 1 is 0.526 bits per heavy atom. The molecule has 0 heterocycles. The average molecular weight is 811 g/mol. The predicted octanol–water partition coefficient (Wildman–Crippen LogP) is 14.2. The maximum absolute atomic E-state index is 12.7. The van der Waals surface area contributed by atoms with Crippen molar-refractivity contribution in [1.82, 2.24) is 0 Å². The van der Waals surface area contributed by atoms with Gasteiger partial charge in [0, 0.05) is 26.5 Å². The highest BCUT2D eigenvalue weighted by atomic mass is 32.2. The van der Waals surface area contributed by atoms with Crippen molar-refractivity contribution in [3.8, 4) is 11.5 Å². The fraction of sp³-hybridized carbons (Fsp3) is 0.420. The van der Waals surface area contributed by atoms with Crippen molar-refractivity contribution in [2.24, 2.45) is 0 Å². The van der Waals surface area contributed by atoms with Gasteiger partial charge in [0.25, 0.3) is 0 Å². The van der Waals surface area contributed by atoms with E-state index in [1.807, 2.05) is 79.8 Å². The highest BCUT2D eigenvalue weighted by Crippen LogP contribution is 2.31. The van der Waals surface area contributed by atoms with Crippen LogP contribution in [0.25, 0.3) is 6.08 Å². The second kappa shape index (κ2) is 25.3.